The number of Topliss-reactive ketones (excluding diaryl/α,β-unsaturated/α-hetero) is 1. The minimum absolute atomic E-state index is 0.0385. The summed E-state index contributed by atoms with van der Waals surface area (Å²) < 4.78 is 1.62. The lowest BCUT2D eigenvalue weighted by molar-refractivity contribution is -0.384. The molecule has 0 amide bonds. The zero-order chi connectivity index (χ0) is 14.0. The Bertz CT molecular complexity index is 629. The van der Waals surface area contributed by atoms with Gasteiger partial charge in [-0.05, 0) is 26.0 Å². The highest BCUT2D eigenvalue weighted by molar-refractivity contribution is 5.78. The zero-order valence-electron chi connectivity index (χ0n) is 10.7. The molecule has 0 unspecified atom stereocenters. The van der Waals surface area contributed by atoms with Gasteiger partial charge in [-0.1, -0.05) is 0 Å². The van der Waals surface area contributed by atoms with Crippen LogP contribution in [0.1, 0.15) is 18.2 Å². The van der Waals surface area contributed by atoms with Gasteiger partial charge in [-0.3, -0.25) is 14.9 Å². The predicted molar refractivity (Wildman–Crippen MR) is 69.3 cm³/mol. The van der Waals surface area contributed by atoms with Crippen LogP contribution in [-0.4, -0.2) is 20.5 Å². The van der Waals surface area contributed by atoms with E-state index in [-0.39, 0.29) is 11.5 Å². The first-order chi connectivity index (χ1) is 8.97. The molecule has 1 heterocycles. The third-order valence-corrected chi connectivity index (χ3v) is 2.77. The fraction of sp³-hybridized carbons (Fsp3) is 0.231. The Morgan fingerprint density at radius 1 is 1.37 bits per heavy atom. The maximum absolute atomic E-state index is 11.1. The molecule has 98 valence electrons. The second-order valence-corrected chi connectivity index (χ2v) is 4.34. The Labute approximate surface area is 109 Å². The molecule has 0 saturated heterocycles. The number of aromatic nitrogens is 2. The molecule has 0 fully saturated rings. The van der Waals surface area contributed by atoms with Crippen LogP contribution < -0.4 is 0 Å². The number of hydrogen-bond acceptors (Lipinski definition) is 4. The summed E-state index contributed by atoms with van der Waals surface area (Å²) in [5.41, 5.74) is 2.42. The van der Waals surface area contributed by atoms with Gasteiger partial charge in [0.2, 0.25) is 0 Å². The van der Waals surface area contributed by atoms with Gasteiger partial charge in [-0.25, -0.2) is 4.68 Å². The topological polar surface area (TPSA) is 78.0 Å². The van der Waals surface area contributed by atoms with E-state index >= 15 is 0 Å². The van der Waals surface area contributed by atoms with Gasteiger partial charge in [-0.15, -0.1) is 0 Å². The Kier molecular flexibility index (Phi) is 3.41. The number of hydrogen-bond donors (Lipinski definition) is 0. The molecule has 2 aromatic rings. The molecule has 6 nitrogen and oxygen atoms in total. The Hall–Kier alpha value is -2.50. The third-order valence-electron chi connectivity index (χ3n) is 2.77. The summed E-state index contributed by atoms with van der Waals surface area (Å²) in [6, 6.07) is 6.11. The molecule has 0 radical (unpaired) electrons. The number of carbonyl (C=O) groups excluding carboxylic acids is 1. The highest BCUT2D eigenvalue weighted by atomic mass is 16.6. The number of carbonyl (C=O) groups is 1. The second kappa shape index (κ2) is 5.01. The van der Waals surface area contributed by atoms with E-state index in [2.05, 4.69) is 5.10 Å². The monoisotopic (exact) mass is 259 g/mol. The molecule has 1 aromatic carbocycles. The van der Waals surface area contributed by atoms with E-state index in [1.807, 2.05) is 6.92 Å². The minimum Gasteiger partial charge on any atom is -0.300 e. The highest BCUT2D eigenvalue weighted by Crippen LogP contribution is 2.16. The van der Waals surface area contributed by atoms with Gasteiger partial charge >= 0.3 is 0 Å². The summed E-state index contributed by atoms with van der Waals surface area (Å²) in [6.45, 7) is 3.36. The molecular weight excluding hydrogens is 246 g/mol. The van der Waals surface area contributed by atoms with Crippen LogP contribution in [0, 0.1) is 17.0 Å². The molecule has 0 aliphatic heterocycles. The Morgan fingerprint density at radius 2 is 2.00 bits per heavy atom. The minimum atomic E-state index is -0.445. The molecule has 0 aliphatic rings. The number of nitro groups is 1. The van der Waals surface area contributed by atoms with Crippen LogP contribution >= 0.6 is 0 Å². The number of nitrogens with zero attached hydrogens (tertiary/aromatic N) is 3. The number of ketones is 1. The first-order valence-corrected chi connectivity index (χ1v) is 5.77. The van der Waals surface area contributed by atoms with Gasteiger partial charge in [0.05, 0.1) is 16.3 Å². The van der Waals surface area contributed by atoms with Crippen molar-refractivity contribution in [2.75, 3.05) is 0 Å². The molecular formula is C13H13N3O3. The number of aryl methyl sites for hydroxylation is 1. The van der Waals surface area contributed by atoms with Gasteiger partial charge in [0.25, 0.3) is 5.69 Å². The third kappa shape index (κ3) is 2.85. The lowest BCUT2D eigenvalue weighted by Crippen LogP contribution is -1.96. The zero-order valence-corrected chi connectivity index (χ0v) is 10.7. The molecule has 0 bridgehead atoms. The van der Waals surface area contributed by atoms with E-state index in [0.717, 1.165) is 16.9 Å². The molecule has 2 rings (SSSR count). The van der Waals surface area contributed by atoms with Crippen LogP contribution in [0.4, 0.5) is 5.69 Å². The van der Waals surface area contributed by atoms with E-state index in [9.17, 15) is 14.9 Å². The molecule has 6 heteroatoms. The lowest BCUT2D eigenvalue weighted by Gasteiger charge is -2.00. The van der Waals surface area contributed by atoms with E-state index in [4.69, 9.17) is 0 Å². The van der Waals surface area contributed by atoms with Gasteiger partial charge < -0.3 is 0 Å². The SMILES string of the molecule is CC(=O)Cc1cn(-c2ccc([N+](=O)[O-])cc2)nc1C. The van der Waals surface area contributed by atoms with Crippen molar-refractivity contribution >= 4 is 11.5 Å². The number of non-ortho nitro benzene ring substituents is 1. The Balaban J connectivity index is 2.31. The normalized spacial score (nSPS) is 10.4. The van der Waals surface area contributed by atoms with Crippen LogP contribution in [0.5, 0.6) is 0 Å². The maximum Gasteiger partial charge on any atom is 0.269 e. The highest BCUT2D eigenvalue weighted by Gasteiger charge is 2.10. The summed E-state index contributed by atoms with van der Waals surface area (Å²) in [5, 5.41) is 14.9. The lowest BCUT2D eigenvalue weighted by atomic mass is 10.1. The van der Waals surface area contributed by atoms with E-state index in [1.165, 1.54) is 19.1 Å². The number of nitro benzene ring substituents is 1. The van der Waals surface area contributed by atoms with Crippen LogP contribution in [0.3, 0.4) is 0 Å². The average Bonchev–Trinajstić information content (AvgIpc) is 2.70. The summed E-state index contributed by atoms with van der Waals surface area (Å²) in [6.07, 6.45) is 2.12. The van der Waals surface area contributed by atoms with Crippen molar-refractivity contribution in [1.82, 2.24) is 9.78 Å². The van der Waals surface area contributed by atoms with Gasteiger partial charge in [0, 0.05) is 30.3 Å². The fourth-order valence-corrected chi connectivity index (χ4v) is 1.80. The van der Waals surface area contributed by atoms with Crippen molar-refractivity contribution in [1.29, 1.82) is 0 Å². The molecule has 0 aliphatic carbocycles. The van der Waals surface area contributed by atoms with Crippen molar-refractivity contribution in [3.05, 3.63) is 51.8 Å². The predicted octanol–water partition coefficient (Wildman–Crippen LogP) is 2.22. The van der Waals surface area contributed by atoms with Gasteiger partial charge in [0.1, 0.15) is 5.78 Å². The summed E-state index contributed by atoms with van der Waals surface area (Å²) in [4.78, 5) is 21.2. The largest absolute Gasteiger partial charge is 0.300 e. The fourth-order valence-electron chi connectivity index (χ4n) is 1.80. The molecule has 0 spiro atoms. The summed E-state index contributed by atoms with van der Waals surface area (Å²) in [7, 11) is 0. The standard InChI is InChI=1S/C13H13N3O3/c1-9(17)7-11-8-15(14-10(11)2)12-3-5-13(6-4-12)16(18)19/h3-6,8H,7H2,1-2H3. The summed E-state index contributed by atoms with van der Waals surface area (Å²) >= 11 is 0. The molecule has 19 heavy (non-hydrogen) atoms. The quantitative estimate of drug-likeness (QED) is 0.623. The van der Waals surface area contributed by atoms with Crippen molar-refractivity contribution in [3.8, 4) is 5.69 Å². The van der Waals surface area contributed by atoms with Crippen molar-refractivity contribution in [3.63, 3.8) is 0 Å². The van der Waals surface area contributed by atoms with E-state index < -0.39 is 4.92 Å². The van der Waals surface area contributed by atoms with Crippen molar-refractivity contribution < 1.29 is 9.72 Å². The first-order valence-electron chi connectivity index (χ1n) is 5.77. The first kappa shape index (κ1) is 12.9. The van der Waals surface area contributed by atoms with E-state index in [1.54, 1.807) is 23.0 Å². The van der Waals surface area contributed by atoms with Gasteiger partial charge in [-0.2, -0.15) is 5.10 Å². The molecule has 0 atom stereocenters. The molecule has 0 N–H and O–H groups in total. The summed E-state index contributed by atoms with van der Waals surface area (Å²) in [5.74, 6) is 0.0753. The van der Waals surface area contributed by atoms with Crippen LogP contribution in [-0.2, 0) is 11.2 Å². The average molecular weight is 259 g/mol. The van der Waals surface area contributed by atoms with Gasteiger partial charge in [0.15, 0.2) is 0 Å². The van der Waals surface area contributed by atoms with E-state index in [0.29, 0.717) is 6.42 Å². The second-order valence-electron chi connectivity index (χ2n) is 4.34. The molecule has 1 aromatic heterocycles. The number of benzene rings is 1. The van der Waals surface area contributed by atoms with Crippen molar-refractivity contribution in [2.45, 2.75) is 20.3 Å². The van der Waals surface area contributed by atoms with Crippen LogP contribution in [0.15, 0.2) is 30.5 Å². The maximum atomic E-state index is 11.1. The smallest absolute Gasteiger partial charge is 0.269 e. The number of rotatable bonds is 4. The van der Waals surface area contributed by atoms with Crippen LogP contribution in [0.25, 0.3) is 5.69 Å². The van der Waals surface area contributed by atoms with Crippen LogP contribution in [0.2, 0.25) is 0 Å². The molecule has 0 saturated carbocycles. The van der Waals surface area contributed by atoms with Crippen molar-refractivity contribution in [2.24, 2.45) is 0 Å². The Morgan fingerprint density at radius 3 is 2.53 bits per heavy atom.